The third-order valence-corrected chi connectivity index (χ3v) is 3.83. The van der Waals surface area contributed by atoms with Crippen molar-refractivity contribution >= 4 is 29.3 Å². The van der Waals surface area contributed by atoms with Crippen molar-refractivity contribution < 1.29 is 14.6 Å². The second-order valence-electron chi connectivity index (χ2n) is 5.03. The highest BCUT2D eigenvalue weighted by Gasteiger charge is 2.15. The van der Waals surface area contributed by atoms with Crippen LogP contribution in [-0.4, -0.2) is 23.8 Å². The molecule has 122 valence electrons. The predicted molar refractivity (Wildman–Crippen MR) is 90.8 cm³/mol. The van der Waals surface area contributed by atoms with Gasteiger partial charge in [0.25, 0.3) is 0 Å². The number of carbonyl (C=O) groups excluding carboxylic acids is 1. The number of carbonyl (C=O) groups is 1. The average Bonchev–Trinajstić information content (AvgIpc) is 2.56. The summed E-state index contributed by atoms with van der Waals surface area (Å²) in [4.78, 5) is 11.8. The van der Waals surface area contributed by atoms with Crippen LogP contribution < -0.4 is 5.32 Å². The van der Waals surface area contributed by atoms with Gasteiger partial charge in [0.2, 0.25) is 0 Å². The summed E-state index contributed by atoms with van der Waals surface area (Å²) in [5.41, 5.74) is 1.64. The summed E-state index contributed by atoms with van der Waals surface area (Å²) in [6, 6.07) is 13.9. The topological polar surface area (TPSA) is 58.6 Å². The summed E-state index contributed by atoms with van der Waals surface area (Å²) in [6.07, 6.45) is -0.234. The predicted octanol–water partition coefficient (Wildman–Crippen LogP) is 3.82. The minimum absolute atomic E-state index is 0.169. The summed E-state index contributed by atoms with van der Waals surface area (Å²) in [6.45, 7) is -0.0635. The van der Waals surface area contributed by atoms with Gasteiger partial charge in [-0.15, -0.1) is 0 Å². The van der Waals surface area contributed by atoms with Gasteiger partial charge in [-0.05, 0) is 35.7 Å². The van der Waals surface area contributed by atoms with E-state index in [1.54, 1.807) is 18.2 Å². The number of ether oxygens (including phenoxy) is 1. The second kappa shape index (κ2) is 8.77. The van der Waals surface area contributed by atoms with Crippen molar-refractivity contribution in [2.24, 2.45) is 0 Å². The van der Waals surface area contributed by atoms with Crippen LogP contribution in [0.1, 0.15) is 11.1 Å². The third-order valence-electron chi connectivity index (χ3n) is 3.23. The minimum atomic E-state index is -0.592. The molecule has 0 aliphatic carbocycles. The average molecular weight is 354 g/mol. The second-order valence-corrected chi connectivity index (χ2v) is 5.87. The molecular weight excluding hydrogens is 337 g/mol. The minimum Gasteiger partial charge on any atom is -0.445 e. The van der Waals surface area contributed by atoms with Gasteiger partial charge in [0.1, 0.15) is 6.61 Å². The molecule has 0 bridgehead atoms. The molecule has 0 radical (unpaired) electrons. The first-order valence-corrected chi connectivity index (χ1v) is 7.86. The summed E-state index contributed by atoms with van der Waals surface area (Å²) in [7, 11) is 0. The van der Waals surface area contributed by atoms with Crippen LogP contribution in [0, 0.1) is 0 Å². The molecule has 0 saturated carbocycles. The van der Waals surface area contributed by atoms with Gasteiger partial charge in [-0.3, -0.25) is 0 Å². The van der Waals surface area contributed by atoms with Crippen LogP contribution in [-0.2, 0) is 17.8 Å². The highest BCUT2D eigenvalue weighted by molar-refractivity contribution is 6.33. The number of halogens is 2. The lowest BCUT2D eigenvalue weighted by molar-refractivity contribution is 0.129. The molecule has 1 amide bonds. The van der Waals surface area contributed by atoms with Crippen molar-refractivity contribution in [2.45, 2.75) is 19.1 Å². The fourth-order valence-corrected chi connectivity index (χ4v) is 2.45. The SMILES string of the molecule is O=C(N[C@@H](CO)Cc1cc(Cl)ccc1Cl)OCc1ccccc1. The molecule has 2 rings (SSSR count). The van der Waals surface area contributed by atoms with Crippen molar-refractivity contribution in [1.29, 1.82) is 0 Å². The standard InChI is InChI=1S/C17H17Cl2NO3/c18-14-6-7-16(19)13(8-14)9-15(10-21)20-17(22)23-11-12-4-2-1-3-5-12/h1-8,15,21H,9-11H2,(H,20,22)/t15-/m1/s1. The highest BCUT2D eigenvalue weighted by atomic mass is 35.5. The van der Waals surface area contributed by atoms with Gasteiger partial charge in [0.05, 0.1) is 12.6 Å². The molecule has 6 heteroatoms. The number of benzene rings is 2. The number of hydrogen-bond donors (Lipinski definition) is 2. The van der Waals surface area contributed by atoms with Crippen LogP contribution in [0.2, 0.25) is 10.0 Å². The Bertz CT molecular complexity index is 650. The smallest absolute Gasteiger partial charge is 0.407 e. The first-order chi connectivity index (χ1) is 11.1. The molecule has 2 aromatic rings. The zero-order chi connectivity index (χ0) is 16.7. The molecule has 0 unspecified atom stereocenters. The van der Waals surface area contributed by atoms with Gasteiger partial charge < -0.3 is 15.2 Å². The van der Waals surface area contributed by atoms with E-state index in [1.807, 2.05) is 30.3 Å². The Balaban J connectivity index is 1.88. The zero-order valence-electron chi connectivity index (χ0n) is 12.3. The van der Waals surface area contributed by atoms with Gasteiger partial charge in [0.15, 0.2) is 0 Å². The number of alkyl carbamates (subject to hydrolysis) is 1. The molecule has 2 N–H and O–H groups in total. The number of hydrogen-bond acceptors (Lipinski definition) is 3. The van der Waals surface area contributed by atoms with Crippen molar-refractivity contribution in [3.8, 4) is 0 Å². The molecule has 2 aromatic carbocycles. The van der Waals surface area contributed by atoms with E-state index < -0.39 is 12.1 Å². The Hall–Kier alpha value is -1.75. The Morgan fingerprint density at radius 3 is 2.61 bits per heavy atom. The molecule has 23 heavy (non-hydrogen) atoms. The van der Waals surface area contributed by atoms with E-state index in [0.29, 0.717) is 16.5 Å². The van der Waals surface area contributed by atoms with E-state index in [9.17, 15) is 9.90 Å². The normalized spacial score (nSPS) is 11.8. The summed E-state index contributed by atoms with van der Waals surface area (Å²) < 4.78 is 5.13. The van der Waals surface area contributed by atoms with E-state index in [4.69, 9.17) is 27.9 Å². The van der Waals surface area contributed by atoms with Crippen LogP contribution in [0.4, 0.5) is 4.79 Å². The van der Waals surface area contributed by atoms with Crippen LogP contribution in [0.15, 0.2) is 48.5 Å². The molecular formula is C17H17Cl2NO3. The van der Waals surface area contributed by atoms with Crippen molar-refractivity contribution in [3.63, 3.8) is 0 Å². The van der Waals surface area contributed by atoms with Crippen molar-refractivity contribution in [2.75, 3.05) is 6.61 Å². The maximum Gasteiger partial charge on any atom is 0.407 e. The van der Waals surface area contributed by atoms with E-state index in [1.165, 1.54) is 0 Å². The molecule has 0 aromatic heterocycles. The Kier molecular flexibility index (Phi) is 6.71. The third kappa shape index (κ3) is 5.75. The van der Waals surface area contributed by atoms with E-state index >= 15 is 0 Å². The van der Waals surface area contributed by atoms with Crippen molar-refractivity contribution in [3.05, 3.63) is 69.7 Å². The lowest BCUT2D eigenvalue weighted by Gasteiger charge is -2.17. The fourth-order valence-electron chi connectivity index (χ4n) is 2.06. The maximum absolute atomic E-state index is 11.8. The van der Waals surface area contributed by atoms with Gasteiger partial charge in [-0.1, -0.05) is 53.5 Å². The van der Waals surface area contributed by atoms with Gasteiger partial charge in [-0.2, -0.15) is 0 Å². The van der Waals surface area contributed by atoms with Gasteiger partial charge >= 0.3 is 6.09 Å². The lowest BCUT2D eigenvalue weighted by Crippen LogP contribution is -2.39. The quantitative estimate of drug-likeness (QED) is 0.829. The first kappa shape index (κ1) is 17.6. The molecule has 0 spiro atoms. The maximum atomic E-state index is 11.8. The fraction of sp³-hybridized carbons (Fsp3) is 0.235. The van der Waals surface area contributed by atoms with Crippen LogP contribution in [0.3, 0.4) is 0 Å². The van der Waals surface area contributed by atoms with Crippen LogP contribution >= 0.6 is 23.2 Å². The van der Waals surface area contributed by atoms with Crippen LogP contribution in [0.25, 0.3) is 0 Å². The number of amides is 1. The highest BCUT2D eigenvalue weighted by Crippen LogP contribution is 2.21. The molecule has 0 heterocycles. The zero-order valence-corrected chi connectivity index (χ0v) is 13.8. The van der Waals surface area contributed by atoms with Crippen LogP contribution in [0.5, 0.6) is 0 Å². The molecule has 4 nitrogen and oxygen atoms in total. The Morgan fingerprint density at radius 2 is 1.91 bits per heavy atom. The Morgan fingerprint density at radius 1 is 1.17 bits per heavy atom. The number of aliphatic hydroxyl groups excluding tert-OH is 1. The lowest BCUT2D eigenvalue weighted by atomic mass is 10.1. The van der Waals surface area contributed by atoms with Gasteiger partial charge in [-0.25, -0.2) is 4.79 Å². The van der Waals surface area contributed by atoms with Crippen molar-refractivity contribution in [1.82, 2.24) is 5.32 Å². The monoisotopic (exact) mass is 353 g/mol. The largest absolute Gasteiger partial charge is 0.445 e. The van der Waals surface area contributed by atoms with E-state index in [-0.39, 0.29) is 13.2 Å². The van der Waals surface area contributed by atoms with Gasteiger partial charge in [0, 0.05) is 10.0 Å². The van der Waals surface area contributed by atoms with E-state index in [2.05, 4.69) is 5.32 Å². The summed E-state index contributed by atoms with van der Waals surface area (Å²) in [5, 5.41) is 13.1. The Labute approximate surface area is 145 Å². The molecule has 1 atom stereocenters. The van der Waals surface area contributed by atoms with E-state index in [0.717, 1.165) is 11.1 Å². The molecule has 0 fully saturated rings. The summed E-state index contributed by atoms with van der Waals surface area (Å²) in [5.74, 6) is 0. The number of nitrogens with one attached hydrogen (secondary N) is 1. The molecule has 0 aliphatic heterocycles. The molecule has 0 aliphatic rings. The summed E-state index contributed by atoms with van der Waals surface area (Å²) >= 11 is 12.0. The molecule has 0 saturated heterocycles. The number of rotatable bonds is 6. The number of aliphatic hydroxyl groups is 1. The first-order valence-electron chi connectivity index (χ1n) is 7.10.